The summed E-state index contributed by atoms with van der Waals surface area (Å²) in [4.78, 5) is 11.9. The second-order valence-corrected chi connectivity index (χ2v) is 5.29. The van der Waals surface area contributed by atoms with E-state index < -0.39 is 5.82 Å². The van der Waals surface area contributed by atoms with Gasteiger partial charge in [-0.1, -0.05) is 19.3 Å². The van der Waals surface area contributed by atoms with E-state index in [1.165, 1.54) is 51.3 Å². The van der Waals surface area contributed by atoms with Gasteiger partial charge in [0.1, 0.15) is 6.61 Å². The zero-order valence-corrected chi connectivity index (χ0v) is 11.9. The molecule has 3 nitrogen and oxygen atoms in total. The van der Waals surface area contributed by atoms with Crippen LogP contribution in [-0.2, 0) is 4.74 Å². The normalized spacial score (nSPS) is 16.1. The number of Topliss-reactive ketones (excluding diaryl/α,β-unsaturated/α-hetero) is 1. The maximum Gasteiger partial charge on any atom is 0.188 e. The summed E-state index contributed by atoms with van der Waals surface area (Å²) in [5, 5.41) is 0. The van der Waals surface area contributed by atoms with E-state index in [2.05, 4.69) is 0 Å². The number of rotatable bonds is 6. The fourth-order valence-corrected chi connectivity index (χ4v) is 2.60. The van der Waals surface area contributed by atoms with E-state index in [1.807, 2.05) is 0 Å². The lowest BCUT2D eigenvalue weighted by molar-refractivity contribution is 0.0628. The zero-order valence-electron chi connectivity index (χ0n) is 11.9. The lowest BCUT2D eigenvalue weighted by Crippen LogP contribution is -2.17. The van der Waals surface area contributed by atoms with Crippen molar-refractivity contribution in [3.05, 3.63) is 29.6 Å². The fourth-order valence-electron chi connectivity index (χ4n) is 2.60. The molecule has 0 amide bonds. The molecule has 110 valence electrons. The van der Waals surface area contributed by atoms with Crippen molar-refractivity contribution in [1.29, 1.82) is 0 Å². The van der Waals surface area contributed by atoms with Gasteiger partial charge in [0.15, 0.2) is 17.3 Å². The van der Waals surface area contributed by atoms with Gasteiger partial charge < -0.3 is 9.47 Å². The third-order valence-electron chi connectivity index (χ3n) is 3.79. The first-order valence-corrected chi connectivity index (χ1v) is 7.15. The minimum absolute atomic E-state index is 0.0161. The lowest BCUT2D eigenvalue weighted by atomic mass is 9.90. The molecular weight excluding hydrogens is 259 g/mol. The predicted molar refractivity (Wildman–Crippen MR) is 74.7 cm³/mol. The van der Waals surface area contributed by atoms with Crippen LogP contribution in [0.3, 0.4) is 0 Å². The Kier molecular flexibility index (Phi) is 5.53. The molecule has 0 atom stereocenters. The second kappa shape index (κ2) is 7.39. The van der Waals surface area contributed by atoms with Crippen LogP contribution in [0.15, 0.2) is 18.2 Å². The van der Waals surface area contributed by atoms with E-state index in [4.69, 9.17) is 9.47 Å². The van der Waals surface area contributed by atoms with Gasteiger partial charge in [0.25, 0.3) is 0 Å². The number of halogens is 1. The monoisotopic (exact) mass is 280 g/mol. The first-order chi connectivity index (χ1) is 9.70. The van der Waals surface area contributed by atoms with E-state index in [1.54, 1.807) is 6.07 Å². The Morgan fingerprint density at radius 1 is 1.30 bits per heavy atom. The molecule has 1 saturated carbocycles. The van der Waals surface area contributed by atoms with Gasteiger partial charge in [0.2, 0.25) is 0 Å². The van der Waals surface area contributed by atoms with Gasteiger partial charge in [-0.25, -0.2) is 4.39 Å². The van der Waals surface area contributed by atoms with Crippen LogP contribution in [0.4, 0.5) is 4.39 Å². The molecule has 0 aromatic heterocycles. The highest BCUT2D eigenvalue weighted by Crippen LogP contribution is 2.23. The molecule has 20 heavy (non-hydrogen) atoms. The largest absolute Gasteiger partial charge is 0.494 e. The number of carbonyl (C=O) groups is 1. The highest BCUT2D eigenvalue weighted by molar-refractivity contribution is 5.97. The molecule has 2 rings (SSSR count). The molecule has 1 aromatic rings. The maximum absolute atomic E-state index is 13.5. The van der Waals surface area contributed by atoms with Crippen molar-refractivity contribution in [2.75, 3.05) is 20.3 Å². The summed E-state index contributed by atoms with van der Waals surface area (Å²) < 4.78 is 23.8. The van der Waals surface area contributed by atoms with Crippen LogP contribution in [0, 0.1) is 11.7 Å². The Balaban J connectivity index is 1.80. The van der Waals surface area contributed by atoms with Crippen LogP contribution in [0.1, 0.15) is 42.5 Å². The van der Waals surface area contributed by atoms with Gasteiger partial charge in [-0.15, -0.1) is 0 Å². The predicted octanol–water partition coefficient (Wildman–Crippen LogP) is 3.61. The summed E-state index contributed by atoms with van der Waals surface area (Å²) in [6.07, 6.45) is 6.19. The SMILES string of the molecule is COc1ccc(C(=O)COCC2CCCCC2)cc1F. The summed E-state index contributed by atoms with van der Waals surface area (Å²) in [6.45, 7) is 0.645. The molecule has 0 heterocycles. The molecule has 0 radical (unpaired) electrons. The van der Waals surface area contributed by atoms with Crippen LogP contribution in [0.25, 0.3) is 0 Å². The molecule has 1 aromatic carbocycles. The lowest BCUT2D eigenvalue weighted by Gasteiger charge is -2.21. The molecule has 0 aliphatic heterocycles. The third kappa shape index (κ3) is 4.04. The number of methoxy groups -OCH3 is 1. The molecule has 1 aliphatic carbocycles. The number of hydrogen-bond acceptors (Lipinski definition) is 3. The molecule has 0 bridgehead atoms. The summed E-state index contributed by atoms with van der Waals surface area (Å²) in [5.74, 6) is 0.00169. The van der Waals surface area contributed by atoms with E-state index in [0.717, 1.165) is 0 Å². The zero-order chi connectivity index (χ0) is 14.4. The van der Waals surface area contributed by atoms with Crippen LogP contribution >= 0.6 is 0 Å². The van der Waals surface area contributed by atoms with Gasteiger partial charge in [-0.05, 0) is 37.0 Å². The van der Waals surface area contributed by atoms with Crippen LogP contribution < -0.4 is 4.74 Å². The van der Waals surface area contributed by atoms with Gasteiger partial charge in [-0.2, -0.15) is 0 Å². The molecule has 1 aliphatic rings. The molecule has 4 heteroatoms. The Labute approximate surface area is 119 Å². The molecule has 0 saturated heterocycles. The highest BCUT2D eigenvalue weighted by atomic mass is 19.1. The minimum Gasteiger partial charge on any atom is -0.494 e. The van der Waals surface area contributed by atoms with Crippen molar-refractivity contribution < 1.29 is 18.7 Å². The Bertz CT molecular complexity index is 453. The smallest absolute Gasteiger partial charge is 0.188 e. The average Bonchev–Trinajstić information content (AvgIpc) is 2.48. The minimum atomic E-state index is -0.523. The van der Waals surface area contributed by atoms with Crippen molar-refractivity contribution in [2.24, 2.45) is 5.92 Å². The summed E-state index contributed by atoms with van der Waals surface area (Å²) >= 11 is 0. The quantitative estimate of drug-likeness (QED) is 0.747. The number of ketones is 1. The van der Waals surface area contributed by atoms with E-state index in [9.17, 15) is 9.18 Å². The number of carbonyl (C=O) groups excluding carboxylic acids is 1. The van der Waals surface area contributed by atoms with Gasteiger partial charge in [0, 0.05) is 5.56 Å². The standard InChI is InChI=1S/C16H21FO3/c1-19-16-8-7-13(9-14(16)17)15(18)11-20-10-12-5-3-2-4-6-12/h7-9,12H,2-6,10-11H2,1H3. The topological polar surface area (TPSA) is 35.5 Å². The van der Waals surface area contributed by atoms with Crippen molar-refractivity contribution >= 4 is 5.78 Å². The van der Waals surface area contributed by atoms with Crippen LogP contribution in [0.5, 0.6) is 5.75 Å². The number of ether oxygens (including phenoxy) is 2. The van der Waals surface area contributed by atoms with E-state index in [0.29, 0.717) is 18.1 Å². The van der Waals surface area contributed by atoms with Crippen LogP contribution in [0.2, 0.25) is 0 Å². The van der Waals surface area contributed by atoms with Gasteiger partial charge in [0.05, 0.1) is 13.7 Å². The Morgan fingerprint density at radius 3 is 2.70 bits per heavy atom. The van der Waals surface area contributed by atoms with Gasteiger partial charge in [-0.3, -0.25) is 4.79 Å². The summed E-state index contributed by atoms with van der Waals surface area (Å²) in [7, 11) is 1.40. The summed E-state index contributed by atoms with van der Waals surface area (Å²) in [6, 6.07) is 4.23. The number of benzene rings is 1. The Morgan fingerprint density at radius 2 is 2.05 bits per heavy atom. The average molecular weight is 280 g/mol. The highest BCUT2D eigenvalue weighted by Gasteiger charge is 2.15. The van der Waals surface area contributed by atoms with Crippen molar-refractivity contribution in [2.45, 2.75) is 32.1 Å². The molecule has 1 fully saturated rings. The first kappa shape index (κ1) is 15.0. The number of hydrogen-bond donors (Lipinski definition) is 0. The van der Waals surface area contributed by atoms with E-state index in [-0.39, 0.29) is 18.1 Å². The van der Waals surface area contributed by atoms with Gasteiger partial charge >= 0.3 is 0 Å². The van der Waals surface area contributed by atoms with Crippen molar-refractivity contribution in [3.63, 3.8) is 0 Å². The van der Waals surface area contributed by atoms with Crippen molar-refractivity contribution in [1.82, 2.24) is 0 Å². The molecule has 0 spiro atoms. The maximum atomic E-state index is 13.5. The first-order valence-electron chi connectivity index (χ1n) is 7.15. The van der Waals surface area contributed by atoms with Crippen LogP contribution in [-0.4, -0.2) is 26.1 Å². The molecule has 0 unspecified atom stereocenters. The fraction of sp³-hybridized carbons (Fsp3) is 0.562. The Hall–Kier alpha value is -1.42. The van der Waals surface area contributed by atoms with E-state index >= 15 is 0 Å². The summed E-state index contributed by atoms with van der Waals surface area (Å²) in [5.41, 5.74) is 0.326. The van der Waals surface area contributed by atoms with Crippen molar-refractivity contribution in [3.8, 4) is 5.75 Å². The molecular formula is C16H21FO3. The molecule has 0 N–H and O–H groups in total. The third-order valence-corrected chi connectivity index (χ3v) is 3.79. The second-order valence-electron chi connectivity index (χ2n) is 5.29.